The van der Waals surface area contributed by atoms with Crippen LogP contribution in [0.25, 0.3) is 0 Å². The third kappa shape index (κ3) is 24.5. The molecular weight excluding hydrogens is 665 g/mol. The Morgan fingerprint density at radius 1 is 0.352 bits per heavy atom. The van der Waals surface area contributed by atoms with Crippen molar-refractivity contribution in [3.05, 3.63) is 0 Å². The first kappa shape index (κ1) is 52.9. The summed E-state index contributed by atoms with van der Waals surface area (Å²) in [7, 11) is 0. The summed E-state index contributed by atoms with van der Waals surface area (Å²) >= 11 is 0. The molecule has 0 atom stereocenters. The quantitative estimate of drug-likeness (QED) is 0.0459. The molecule has 0 saturated carbocycles. The zero-order valence-corrected chi connectivity index (χ0v) is 38.1. The predicted octanol–water partition coefficient (Wildman–Crippen LogP) is 16.8. The van der Waals surface area contributed by atoms with Crippen molar-refractivity contribution in [1.29, 1.82) is 0 Å². The third-order valence-corrected chi connectivity index (χ3v) is 12.3. The van der Waals surface area contributed by atoms with Gasteiger partial charge >= 0.3 is 11.9 Å². The smallest absolute Gasteiger partial charge is 0.313 e. The van der Waals surface area contributed by atoms with E-state index in [0.717, 1.165) is 77.0 Å². The maximum absolute atomic E-state index is 15.0. The van der Waals surface area contributed by atoms with E-state index >= 15 is 4.79 Å². The van der Waals surface area contributed by atoms with E-state index in [1.807, 2.05) is 6.92 Å². The second kappa shape index (κ2) is 37.5. The Bertz CT molecular complexity index is 779. The monoisotopic (exact) mass is 763 g/mol. The molecule has 0 aliphatic rings. The van der Waals surface area contributed by atoms with Gasteiger partial charge in [0.25, 0.3) is 0 Å². The van der Waals surface area contributed by atoms with Gasteiger partial charge in [-0.15, -0.1) is 0 Å². The lowest BCUT2D eigenvalue weighted by atomic mass is 9.54. The molecule has 0 N–H and O–H groups in total. The van der Waals surface area contributed by atoms with Crippen LogP contribution in [-0.4, -0.2) is 25.2 Å². The summed E-state index contributed by atoms with van der Waals surface area (Å²) in [6.07, 6.45) is 42.2. The largest absolute Gasteiger partial charge is 0.466 e. The lowest BCUT2D eigenvalue weighted by Crippen LogP contribution is -2.54. The van der Waals surface area contributed by atoms with E-state index in [1.54, 1.807) is 0 Å². The molecule has 0 aromatic heterocycles. The molecule has 0 aromatic rings. The third-order valence-electron chi connectivity index (χ3n) is 12.3. The van der Waals surface area contributed by atoms with Crippen LogP contribution in [0, 0.1) is 16.7 Å². The summed E-state index contributed by atoms with van der Waals surface area (Å²) in [5.41, 5.74) is -1.66. The molecule has 0 heterocycles. The van der Waals surface area contributed by atoms with E-state index in [1.165, 1.54) is 154 Å². The molecule has 4 heteroatoms. The van der Waals surface area contributed by atoms with Gasteiger partial charge in [0, 0.05) is 0 Å². The molecule has 0 aliphatic carbocycles. The van der Waals surface area contributed by atoms with Crippen molar-refractivity contribution in [3.8, 4) is 0 Å². The first-order valence-corrected chi connectivity index (χ1v) is 24.7. The summed E-state index contributed by atoms with van der Waals surface area (Å²) in [6, 6.07) is 0. The Hall–Kier alpha value is -1.06. The molecule has 0 saturated heterocycles. The van der Waals surface area contributed by atoms with Crippen molar-refractivity contribution in [1.82, 2.24) is 0 Å². The Morgan fingerprint density at radius 2 is 0.574 bits per heavy atom. The second-order valence-electron chi connectivity index (χ2n) is 17.8. The average Bonchev–Trinajstić information content (AvgIpc) is 3.16. The van der Waals surface area contributed by atoms with Gasteiger partial charge in [0.15, 0.2) is 0 Å². The van der Waals surface area contributed by atoms with Gasteiger partial charge in [-0.05, 0) is 38.5 Å². The van der Waals surface area contributed by atoms with Gasteiger partial charge in [-0.1, -0.05) is 247 Å². The van der Waals surface area contributed by atoms with E-state index in [0.29, 0.717) is 13.2 Å². The molecular formula is C50H98O4. The Kier molecular flexibility index (Phi) is 36.8. The Balaban J connectivity index is 6.66. The summed E-state index contributed by atoms with van der Waals surface area (Å²) in [6.45, 7) is 16.1. The van der Waals surface area contributed by atoms with Crippen molar-refractivity contribution in [2.45, 2.75) is 280 Å². The number of hydrogen-bond donors (Lipinski definition) is 0. The molecule has 0 aromatic carbocycles. The topological polar surface area (TPSA) is 52.6 Å². The fourth-order valence-corrected chi connectivity index (χ4v) is 8.90. The van der Waals surface area contributed by atoms with Crippen LogP contribution in [0.2, 0.25) is 0 Å². The molecule has 0 rings (SSSR count). The minimum atomic E-state index is -0.833. The van der Waals surface area contributed by atoms with Gasteiger partial charge in [-0.25, -0.2) is 0 Å². The van der Waals surface area contributed by atoms with Crippen LogP contribution < -0.4 is 0 Å². The minimum absolute atomic E-state index is 0.0886. The van der Waals surface area contributed by atoms with Gasteiger partial charge in [-0.2, -0.15) is 0 Å². The number of rotatable bonds is 42. The number of carbonyl (C=O) groups is 2. The van der Waals surface area contributed by atoms with E-state index in [-0.39, 0.29) is 17.9 Å². The summed E-state index contributed by atoms with van der Waals surface area (Å²) in [5, 5.41) is 0. The van der Waals surface area contributed by atoms with E-state index < -0.39 is 10.8 Å². The number of carbonyl (C=O) groups excluding carboxylic acids is 2. The standard InChI is InChI=1S/C50H98O4/c1-8-13-17-21-25-29-33-37-41-49(47(51)53-12-5,42-38-34-30-26-22-18-14-9-2)50(48(52)54-45-46(6)7,43-39-35-31-27-23-19-15-10-3)44-40-36-32-28-24-20-16-11-4/h46H,8-45H2,1-7H3. The Morgan fingerprint density at radius 3 is 0.796 bits per heavy atom. The highest BCUT2D eigenvalue weighted by atomic mass is 16.5. The Labute approximate surface area is 339 Å². The van der Waals surface area contributed by atoms with Gasteiger partial charge in [-0.3, -0.25) is 9.59 Å². The SMILES string of the molecule is CCCCCCCCCCC(CCCCCCCCCC)(C(=O)OCC)C(CCCCCCCCCC)(CCCCCCCCCC)C(=O)OCC(C)C. The molecule has 0 unspecified atom stereocenters. The van der Waals surface area contributed by atoms with Crippen molar-refractivity contribution >= 4 is 11.9 Å². The van der Waals surface area contributed by atoms with Crippen molar-refractivity contribution < 1.29 is 19.1 Å². The lowest BCUT2D eigenvalue weighted by Gasteiger charge is -2.48. The fourth-order valence-electron chi connectivity index (χ4n) is 8.90. The van der Waals surface area contributed by atoms with Gasteiger partial charge in [0.2, 0.25) is 0 Å². The van der Waals surface area contributed by atoms with Crippen LogP contribution in [0.4, 0.5) is 0 Å². The zero-order valence-electron chi connectivity index (χ0n) is 38.1. The van der Waals surface area contributed by atoms with E-state index in [2.05, 4.69) is 41.5 Å². The van der Waals surface area contributed by atoms with Gasteiger partial charge in [0.1, 0.15) is 0 Å². The maximum Gasteiger partial charge on any atom is 0.313 e. The van der Waals surface area contributed by atoms with Gasteiger partial charge < -0.3 is 9.47 Å². The summed E-state index contributed by atoms with van der Waals surface area (Å²) in [5.74, 6) is 0.0705. The summed E-state index contributed by atoms with van der Waals surface area (Å²) in [4.78, 5) is 29.9. The normalized spacial score (nSPS) is 12.1. The summed E-state index contributed by atoms with van der Waals surface area (Å²) < 4.78 is 12.5. The first-order valence-electron chi connectivity index (χ1n) is 24.7. The first-order chi connectivity index (χ1) is 26.3. The van der Waals surface area contributed by atoms with Crippen LogP contribution >= 0.6 is 0 Å². The number of unbranched alkanes of at least 4 members (excludes halogenated alkanes) is 28. The lowest BCUT2D eigenvalue weighted by molar-refractivity contribution is -0.187. The molecule has 4 nitrogen and oxygen atoms in total. The van der Waals surface area contributed by atoms with Crippen molar-refractivity contribution in [2.75, 3.05) is 13.2 Å². The second-order valence-corrected chi connectivity index (χ2v) is 17.8. The molecule has 0 radical (unpaired) electrons. The molecule has 0 spiro atoms. The minimum Gasteiger partial charge on any atom is -0.466 e. The number of ether oxygens (including phenoxy) is 2. The molecule has 54 heavy (non-hydrogen) atoms. The maximum atomic E-state index is 15.0. The highest BCUT2D eigenvalue weighted by Gasteiger charge is 2.60. The highest BCUT2D eigenvalue weighted by molar-refractivity contribution is 5.88. The van der Waals surface area contributed by atoms with E-state index in [4.69, 9.17) is 9.47 Å². The van der Waals surface area contributed by atoms with Crippen LogP contribution in [0.15, 0.2) is 0 Å². The number of hydrogen-bond acceptors (Lipinski definition) is 4. The predicted molar refractivity (Wildman–Crippen MR) is 236 cm³/mol. The van der Waals surface area contributed by atoms with Crippen LogP contribution in [0.5, 0.6) is 0 Å². The molecule has 0 amide bonds. The highest BCUT2D eigenvalue weighted by Crippen LogP contribution is 2.55. The van der Waals surface area contributed by atoms with Crippen molar-refractivity contribution in [3.63, 3.8) is 0 Å². The zero-order chi connectivity index (χ0) is 40.0. The van der Waals surface area contributed by atoms with Gasteiger partial charge in [0.05, 0.1) is 24.0 Å². The molecule has 322 valence electrons. The van der Waals surface area contributed by atoms with Crippen molar-refractivity contribution in [2.24, 2.45) is 16.7 Å². The van der Waals surface area contributed by atoms with Crippen LogP contribution in [0.1, 0.15) is 280 Å². The molecule has 0 fully saturated rings. The average molecular weight is 763 g/mol. The number of esters is 2. The van der Waals surface area contributed by atoms with Crippen LogP contribution in [-0.2, 0) is 19.1 Å². The molecule has 0 bridgehead atoms. The van der Waals surface area contributed by atoms with E-state index in [9.17, 15) is 4.79 Å². The van der Waals surface area contributed by atoms with Crippen LogP contribution in [0.3, 0.4) is 0 Å². The molecule has 0 aliphatic heterocycles. The fraction of sp³-hybridized carbons (Fsp3) is 0.960.